The van der Waals surface area contributed by atoms with Gasteiger partial charge in [0.05, 0.1) is 38.6 Å². The lowest BCUT2D eigenvalue weighted by Gasteiger charge is -2.41. The first-order valence-corrected chi connectivity index (χ1v) is 18.4. The molecular formula is C33H39ClN6O4S2. The van der Waals surface area contributed by atoms with Gasteiger partial charge < -0.3 is 19.9 Å². The topological polar surface area (TPSA) is 110 Å². The highest BCUT2D eigenvalue weighted by molar-refractivity contribution is 7.99. The van der Waals surface area contributed by atoms with Crippen molar-refractivity contribution in [3.63, 3.8) is 0 Å². The van der Waals surface area contributed by atoms with Crippen LogP contribution in [-0.2, 0) is 14.8 Å². The van der Waals surface area contributed by atoms with Gasteiger partial charge in [0.1, 0.15) is 5.60 Å². The van der Waals surface area contributed by atoms with Gasteiger partial charge >= 0.3 is 6.09 Å². The van der Waals surface area contributed by atoms with Crippen LogP contribution in [-0.4, -0.2) is 82.2 Å². The van der Waals surface area contributed by atoms with E-state index in [0.29, 0.717) is 40.8 Å². The summed E-state index contributed by atoms with van der Waals surface area (Å²) < 4.78 is 35.3. The predicted molar refractivity (Wildman–Crippen MR) is 186 cm³/mol. The molecule has 10 nitrogen and oxygen atoms in total. The predicted octanol–water partition coefficient (Wildman–Crippen LogP) is 6.74. The Labute approximate surface area is 279 Å². The zero-order chi connectivity index (χ0) is 32.7. The summed E-state index contributed by atoms with van der Waals surface area (Å²) in [6.07, 6.45) is 4.38. The van der Waals surface area contributed by atoms with Gasteiger partial charge in [-0.1, -0.05) is 41.9 Å². The molecule has 4 heterocycles. The number of nitrogens with one attached hydrogen (secondary N) is 1. The van der Waals surface area contributed by atoms with Crippen LogP contribution in [0.4, 0.5) is 16.4 Å². The van der Waals surface area contributed by atoms with Crippen LogP contribution in [0.3, 0.4) is 0 Å². The number of anilines is 2. The standard InChI is InChI=1S/C33H39ClN6O4S2/c1-32(2,3)44-31(41)39-15-9-14-33(4,22-39)37-30-35-20-26(34)28(36-30)25-21-40(46(42,43)23-10-6-5-7-11-23)29-24(25)12-8-13-27(29)38-16-18-45-19-17-38/h5-8,10-13,20-21H,9,14-19,22H2,1-4H3,(H,35,36,37). The van der Waals surface area contributed by atoms with Crippen LogP contribution in [0.15, 0.2) is 65.8 Å². The molecule has 2 aromatic carbocycles. The molecule has 1 atom stereocenters. The molecule has 2 aliphatic heterocycles. The summed E-state index contributed by atoms with van der Waals surface area (Å²) in [5.74, 6) is 2.27. The maximum absolute atomic E-state index is 14.2. The van der Waals surface area contributed by atoms with Crippen molar-refractivity contribution < 1.29 is 17.9 Å². The van der Waals surface area contributed by atoms with Gasteiger partial charge in [-0.2, -0.15) is 11.8 Å². The second-order valence-electron chi connectivity index (χ2n) is 13.0. The fourth-order valence-electron chi connectivity index (χ4n) is 6.09. The Morgan fingerprint density at radius 3 is 2.52 bits per heavy atom. The largest absolute Gasteiger partial charge is 0.444 e. The summed E-state index contributed by atoms with van der Waals surface area (Å²) >= 11 is 8.66. The first kappa shape index (κ1) is 32.5. The summed E-state index contributed by atoms with van der Waals surface area (Å²) in [6, 6.07) is 14.3. The van der Waals surface area contributed by atoms with Crippen molar-refractivity contribution in [3.8, 4) is 11.3 Å². The maximum atomic E-state index is 14.2. The molecule has 1 N–H and O–H groups in total. The molecule has 1 amide bonds. The molecule has 2 aliphatic rings. The van der Waals surface area contributed by atoms with E-state index in [1.807, 2.05) is 57.7 Å². The number of carbonyl (C=O) groups excluding carboxylic acids is 1. The van der Waals surface area contributed by atoms with Crippen molar-refractivity contribution in [3.05, 3.63) is 65.9 Å². The van der Waals surface area contributed by atoms with Gasteiger partial charge in [0, 0.05) is 54.8 Å². The number of rotatable bonds is 6. The lowest BCUT2D eigenvalue weighted by Crippen LogP contribution is -2.53. The van der Waals surface area contributed by atoms with E-state index in [2.05, 4.69) is 15.2 Å². The van der Waals surface area contributed by atoms with Crippen LogP contribution in [0.25, 0.3) is 22.2 Å². The summed E-state index contributed by atoms with van der Waals surface area (Å²) in [6.45, 7) is 10.2. The zero-order valence-corrected chi connectivity index (χ0v) is 28.9. The van der Waals surface area contributed by atoms with Gasteiger partial charge in [-0.05, 0) is 58.7 Å². The molecule has 244 valence electrons. The Morgan fingerprint density at radius 1 is 1.07 bits per heavy atom. The summed E-state index contributed by atoms with van der Waals surface area (Å²) in [5, 5.41) is 4.47. The van der Waals surface area contributed by atoms with Crippen LogP contribution >= 0.6 is 23.4 Å². The molecule has 6 rings (SSSR count). The van der Waals surface area contributed by atoms with Crippen molar-refractivity contribution in [2.45, 2.75) is 56.6 Å². The summed E-state index contributed by atoms with van der Waals surface area (Å²) in [7, 11) is -3.96. The minimum atomic E-state index is -3.96. The molecule has 0 aliphatic carbocycles. The second-order valence-corrected chi connectivity index (χ2v) is 16.5. The number of halogens is 1. The number of amides is 1. The number of nitrogens with zero attached hydrogens (tertiary/aromatic N) is 5. The first-order valence-electron chi connectivity index (χ1n) is 15.4. The molecule has 2 fully saturated rings. The molecule has 4 aromatic rings. The van der Waals surface area contributed by atoms with E-state index in [1.54, 1.807) is 41.4 Å². The van der Waals surface area contributed by atoms with Crippen molar-refractivity contribution in [2.75, 3.05) is 47.9 Å². The van der Waals surface area contributed by atoms with Crippen LogP contribution in [0.5, 0.6) is 0 Å². The molecule has 0 bridgehead atoms. The third-order valence-electron chi connectivity index (χ3n) is 8.18. The number of fused-ring (bicyclic) bond motifs is 1. The highest BCUT2D eigenvalue weighted by Gasteiger charge is 2.36. The van der Waals surface area contributed by atoms with Crippen molar-refractivity contribution in [1.82, 2.24) is 18.8 Å². The number of hydrogen-bond acceptors (Lipinski definition) is 9. The number of hydrogen-bond donors (Lipinski definition) is 1. The number of piperidine rings is 1. The van der Waals surface area contributed by atoms with E-state index in [4.69, 9.17) is 21.3 Å². The normalized spacial score (nSPS) is 19.3. The first-order chi connectivity index (χ1) is 21.8. The Kier molecular flexibility index (Phi) is 8.90. The molecule has 0 spiro atoms. The summed E-state index contributed by atoms with van der Waals surface area (Å²) in [4.78, 5) is 26.3. The Hall–Kier alpha value is -3.48. The van der Waals surface area contributed by atoms with Crippen molar-refractivity contribution in [1.29, 1.82) is 0 Å². The van der Waals surface area contributed by atoms with E-state index in [0.717, 1.165) is 48.5 Å². The lowest BCUT2D eigenvalue weighted by atomic mass is 9.91. The SMILES string of the molecule is CC1(Nc2ncc(Cl)c(-c3cn(S(=O)(=O)c4ccccc4)c4c(N5CCSCC5)cccc34)n2)CCCN(C(=O)OC(C)(C)C)C1. The Morgan fingerprint density at radius 2 is 1.80 bits per heavy atom. The van der Waals surface area contributed by atoms with Crippen LogP contribution in [0.1, 0.15) is 40.5 Å². The highest BCUT2D eigenvalue weighted by Crippen LogP contribution is 2.40. The molecule has 2 aromatic heterocycles. The number of aromatic nitrogens is 3. The zero-order valence-electron chi connectivity index (χ0n) is 26.5. The number of benzene rings is 2. The minimum absolute atomic E-state index is 0.193. The smallest absolute Gasteiger partial charge is 0.410 e. The molecule has 0 radical (unpaired) electrons. The highest BCUT2D eigenvalue weighted by atomic mass is 35.5. The van der Waals surface area contributed by atoms with E-state index in [9.17, 15) is 13.2 Å². The fourth-order valence-corrected chi connectivity index (χ4v) is 8.59. The van der Waals surface area contributed by atoms with Gasteiger partial charge in [-0.3, -0.25) is 0 Å². The molecule has 2 saturated heterocycles. The molecule has 13 heteroatoms. The monoisotopic (exact) mass is 682 g/mol. The fraction of sp³-hybridized carbons (Fsp3) is 0.424. The van der Waals surface area contributed by atoms with Gasteiger partial charge in [0.15, 0.2) is 0 Å². The average molecular weight is 683 g/mol. The molecular weight excluding hydrogens is 644 g/mol. The minimum Gasteiger partial charge on any atom is -0.444 e. The average Bonchev–Trinajstić information content (AvgIpc) is 3.43. The lowest BCUT2D eigenvalue weighted by molar-refractivity contribution is 0.0164. The van der Waals surface area contributed by atoms with Gasteiger partial charge in [-0.15, -0.1) is 0 Å². The number of ether oxygens (including phenoxy) is 1. The third-order valence-corrected chi connectivity index (χ3v) is 11.1. The maximum Gasteiger partial charge on any atom is 0.410 e. The third kappa shape index (κ3) is 6.65. The van der Waals surface area contributed by atoms with Crippen LogP contribution in [0, 0.1) is 0 Å². The van der Waals surface area contributed by atoms with Gasteiger partial charge in [-0.25, -0.2) is 27.2 Å². The summed E-state index contributed by atoms with van der Waals surface area (Å²) in [5.41, 5.74) is 1.33. The van der Waals surface area contributed by atoms with Crippen molar-refractivity contribution in [2.24, 2.45) is 0 Å². The number of thioether (sulfide) groups is 1. The van der Waals surface area contributed by atoms with E-state index in [1.165, 1.54) is 10.2 Å². The van der Waals surface area contributed by atoms with Gasteiger partial charge in [0.2, 0.25) is 5.95 Å². The van der Waals surface area contributed by atoms with E-state index in [-0.39, 0.29) is 11.0 Å². The molecule has 46 heavy (non-hydrogen) atoms. The quantitative estimate of drug-likeness (QED) is 0.236. The van der Waals surface area contributed by atoms with Crippen LogP contribution < -0.4 is 10.2 Å². The second kappa shape index (κ2) is 12.6. The number of likely N-dealkylation sites (tertiary alicyclic amines) is 1. The van der Waals surface area contributed by atoms with Gasteiger partial charge in [0.25, 0.3) is 10.0 Å². The Balaban J connectivity index is 1.42. The number of para-hydroxylation sites is 1. The Bertz CT molecular complexity index is 1860. The van der Waals surface area contributed by atoms with E-state index >= 15 is 0 Å². The number of carbonyl (C=O) groups is 1. The van der Waals surface area contributed by atoms with E-state index < -0.39 is 21.2 Å². The van der Waals surface area contributed by atoms with Crippen molar-refractivity contribution >= 4 is 62.0 Å². The van der Waals surface area contributed by atoms with Crippen LogP contribution in [0.2, 0.25) is 5.02 Å². The molecule has 0 saturated carbocycles. The molecule has 1 unspecified atom stereocenters.